The Morgan fingerprint density at radius 1 is 1.25 bits per heavy atom. The van der Waals surface area contributed by atoms with E-state index >= 15 is 0 Å². The van der Waals surface area contributed by atoms with Crippen LogP contribution < -0.4 is 5.69 Å². The molecule has 1 aliphatic rings. The lowest BCUT2D eigenvalue weighted by Crippen LogP contribution is -2.37. The van der Waals surface area contributed by atoms with Crippen molar-refractivity contribution in [2.24, 2.45) is 4.99 Å². The molecule has 186 valence electrons. The molecule has 5 rings (SSSR count). The second kappa shape index (κ2) is 9.84. The second-order valence-electron chi connectivity index (χ2n) is 9.21. The second-order valence-corrected chi connectivity index (χ2v) is 9.21. The van der Waals surface area contributed by atoms with Crippen molar-refractivity contribution >= 4 is 6.21 Å². The summed E-state index contributed by atoms with van der Waals surface area (Å²) in [5.74, 6) is 1.14. The molecule has 36 heavy (non-hydrogen) atoms. The van der Waals surface area contributed by atoms with Crippen molar-refractivity contribution in [3.05, 3.63) is 70.8 Å². The molecule has 0 radical (unpaired) electrons. The van der Waals surface area contributed by atoms with Gasteiger partial charge in [-0.25, -0.2) is 19.1 Å². The zero-order valence-electron chi connectivity index (χ0n) is 20.7. The molecular weight excluding hydrogens is 456 g/mol. The van der Waals surface area contributed by atoms with Crippen LogP contribution in [0.3, 0.4) is 0 Å². The number of allylic oxidation sites excluding steroid dienone is 1. The highest BCUT2D eigenvalue weighted by Crippen LogP contribution is 2.35. The highest BCUT2D eigenvalue weighted by atomic mass is 16.2. The molecule has 0 bridgehead atoms. The van der Waals surface area contributed by atoms with E-state index in [-0.39, 0.29) is 11.7 Å². The van der Waals surface area contributed by atoms with Gasteiger partial charge in [0.05, 0.1) is 6.04 Å². The summed E-state index contributed by atoms with van der Waals surface area (Å²) in [6.45, 7) is 6.75. The topological polar surface area (TPSA) is 124 Å². The van der Waals surface area contributed by atoms with Crippen LogP contribution in [-0.4, -0.2) is 50.7 Å². The van der Waals surface area contributed by atoms with Crippen molar-refractivity contribution in [2.45, 2.75) is 64.5 Å². The van der Waals surface area contributed by atoms with E-state index in [1.54, 1.807) is 4.57 Å². The fraction of sp³-hybridized carbons (Fsp3) is 0.400. The Balaban J connectivity index is 1.60. The van der Waals surface area contributed by atoms with Crippen molar-refractivity contribution in [3.8, 4) is 17.3 Å². The van der Waals surface area contributed by atoms with Crippen LogP contribution in [0.5, 0.6) is 0 Å². The van der Waals surface area contributed by atoms with Crippen molar-refractivity contribution in [2.75, 3.05) is 0 Å². The number of rotatable bonds is 9. The van der Waals surface area contributed by atoms with Crippen LogP contribution in [0.1, 0.15) is 57.3 Å². The molecular formula is C25H30N10O. The molecule has 0 amide bonds. The maximum absolute atomic E-state index is 13.9. The van der Waals surface area contributed by atoms with Gasteiger partial charge in [0.2, 0.25) is 5.95 Å². The number of aromatic amines is 1. The van der Waals surface area contributed by atoms with E-state index in [1.165, 1.54) is 6.33 Å². The van der Waals surface area contributed by atoms with Gasteiger partial charge in [-0.1, -0.05) is 44.5 Å². The smallest absolute Gasteiger partial charge is 0.295 e. The molecule has 3 aromatic heterocycles. The quantitative estimate of drug-likeness (QED) is 0.387. The fourth-order valence-electron chi connectivity index (χ4n) is 4.69. The molecule has 4 aromatic rings. The standard InChI is InChI=1S/C25H30N10O/c1-4-7-21-15-33(23-27-17-28-35(23)18(3)5-2)24(36)34(21)16-25(10-12-26-13-11-25)20-9-6-8-19(14-20)22-29-31-32-30-22/h6,8-10,12-15,17-18H,4-5,7,11,16H2,1-3H3,(H,29,30,31,32). The van der Waals surface area contributed by atoms with Crippen molar-refractivity contribution in [1.82, 2.24) is 44.5 Å². The number of nitrogens with one attached hydrogen (secondary N) is 1. The van der Waals surface area contributed by atoms with Crippen molar-refractivity contribution in [1.29, 1.82) is 0 Å². The number of H-pyrrole nitrogens is 1. The number of benzene rings is 1. The van der Waals surface area contributed by atoms with Crippen molar-refractivity contribution < 1.29 is 0 Å². The number of aryl methyl sites for hydroxylation is 1. The molecule has 0 aliphatic carbocycles. The molecule has 11 heteroatoms. The third-order valence-corrected chi connectivity index (χ3v) is 6.88. The van der Waals surface area contributed by atoms with E-state index in [0.29, 0.717) is 24.7 Å². The summed E-state index contributed by atoms with van der Waals surface area (Å²) in [6.07, 6.45) is 12.5. The van der Waals surface area contributed by atoms with Gasteiger partial charge in [0.1, 0.15) is 6.33 Å². The molecule has 1 N–H and O–H groups in total. The summed E-state index contributed by atoms with van der Waals surface area (Å²) in [6, 6.07) is 8.24. The van der Waals surface area contributed by atoms with Crippen LogP contribution in [0.2, 0.25) is 0 Å². The lowest BCUT2D eigenvalue weighted by Gasteiger charge is -2.32. The highest BCUT2D eigenvalue weighted by Gasteiger charge is 2.33. The van der Waals surface area contributed by atoms with E-state index in [2.05, 4.69) is 74.7 Å². The molecule has 2 atom stereocenters. The minimum atomic E-state index is -0.464. The largest absolute Gasteiger partial charge is 0.335 e. The number of aliphatic imine (C=N–C) groups is 1. The van der Waals surface area contributed by atoms with Crippen molar-refractivity contribution in [3.63, 3.8) is 0 Å². The van der Waals surface area contributed by atoms with Crippen LogP contribution in [-0.2, 0) is 18.4 Å². The first-order chi connectivity index (χ1) is 17.6. The van der Waals surface area contributed by atoms with Gasteiger partial charge in [-0.05, 0) is 48.2 Å². The van der Waals surface area contributed by atoms with Gasteiger partial charge in [0.15, 0.2) is 5.82 Å². The number of hydrogen-bond acceptors (Lipinski definition) is 7. The molecule has 2 unspecified atom stereocenters. The molecule has 0 spiro atoms. The molecule has 0 fully saturated rings. The van der Waals surface area contributed by atoms with Gasteiger partial charge in [-0.2, -0.15) is 10.1 Å². The first kappa shape index (κ1) is 23.6. The van der Waals surface area contributed by atoms with E-state index in [0.717, 1.165) is 36.1 Å². The van der Waals surface area contributed by atoms with Crippen LogP contribution >= 0.6 is 0 Å². The Hall–Kier alpha value is -4.15. The number of tetrazole rings is 1. The maximum atomic E-state index is 13.9. The normalized spacial score (nSPS) is 18.1. The average molecular weight is 487 g/mol. The highest BCUT2D eigenvalue weighted by molar-refractivity contribution is 5.65. The van der Waals surface area contributed by atoms with Crippen LogP contribution in [0.4, 0.5) is 0 Å². The first-order valence-corrected chi connectivity index (χ1v) is 12.3. The Labute approximate surface area is 208 Å². The van der Waals surface area contributed by atoms with Gasteiger partial charge in [-0.3, -0.25) is 9.56 Å². The lowest BCUT2D eigenvalue weighted by molar-refractivity contribution is 0.435. The molecule has 1 aliphatic heterocycles. The number of imidazole rings is 1. The summed E-state index contributed by atoms with van der Waals surface area (Å²) in [5, 5.41) is 18.7. The van der Waals surface area contributed by atoms with Gasteiger partial charge < -0.3 is 0 Å². The predicted molar refractivity (Wildman–Crippen MR) is 136 cm³/mol. The van der Waals surface area contributed by atoms with Gasteiger partial charge in [0, 0.05) is 41.8 Å². The van der Waals surface area contributed by atoms with Gasteiger partial charge >= 0.3 is 5.69 Å². The van der Waals surface area contributed by atoms with E-state index < -0.39 is 5.41 Å². The average Bonchev–Trinajstić information content (AvgIpc) is 3.67. The summed E-state index contributed by atoms with van der Waals surface area (Å²) >= 11 is 0. The zero-order valence-corrected chi connectivity index (χ0v) is 20.7. The minimum Gasteiger partial charge on any atom is -0.295 e. The number of nitrogens with zero attached hydrogens (tertiary/aromatic N) is 9. The summed E-state index contributed by atoms with van der Waals surface area (Å²) < 4.78 is 5.33. The third-order valence-electron chi connectivity index (χ3n) is 6.88. The molecule has 1 aromatic carbocycles. The molecule has 11 nitrogen and oxygen atoms in total. The van der Waals surface area contributed by atoms with E-state index in [9.17, 15) is 4.79 Å². The fourth-order valence-corrected chi connectivity index (χ4v) is 4.69. The molecule has 0 saturated carbocycles. The minimum absolute atomic E-state index is 0.123. The summed E-state index contributed by atoms with van der Waals surface area (Å²) in [5.41, 5.74) is 2.32. The van der Waals surface area contributed by atoms with E-state index in [1.807, 2.05) is 40.0 Å². The van der Waals surface area contributed by atoms with Crippen LogP contribution in [0.25, 0.3) is 17.3 Å². The summed E-state index contributed by atoms with van der Waals surface area (Å²) in [4.78, 5) is 22.6. The molecule has 0 saturated heterocycles. The number of aromatic nitrogens is 9. The maximum Gasteiger partial charge on any atom is 0.335 e. The monoisotopic (exact) mass is 486 g/mol. The Kier molecular flexibility index (Phi) is 6.45. The SMILES string of the molecule is CCCc1cn(-c2ncnn2C(C)CC)c(=O)n1CC1(c2cccc(-c3nnn[nH]3)c2)C=CN=CC1. The third kappa shape index (κ3) is 4.21. The zero-order chi connectivity index (χ0) is 25.1. The van der Waals surface area contributed by atoms with Gasteiger partial charge in [0.25, 0.3) is 0 Å². The molecule has 4 heterocycles. The van der Waals surface area contributed by atoms with Crippen LogP contribution in [0.15, 0.2) is 58.9 Å². The van der Waals surface area contributed by atoms with Crippen LogP contribution in [0, 0.1) is 0 Å². The Morgan fingerprint density at radius 2 is 2.14 bits per heavy atom. The Bertz CT molecular complexity index is 1440. The van der Waals surface area contributed by atoms with E-state index in [4.69, 9.17) is 0 Å². The van der Waals surface area contributed by atoms with Gasteiger partial charge in [-0.15, -0.1) is 5.10 Å². The Morgan fingerprint density at radius 3 is 2.86 bits per heavy atom. The first-order valence-electron chi connectivity index (χ1n) is 12.3. The summed E-state index contributed by atoms with van der Waals surface area (Å²) in [7, 11) is 0. The predicted octanol–water partition coefficient (Wildman–Crippen LogP) is 3.26. The number of hydrogen-bond donors (Lipinski definition) is 1. The lowest BCUT2D eigenvalue weighted by atomic mass is 9.76.